The Balaban J connectivity index is 2.03. The Labute approximate surface area is 128 Å². The van der Waals surface area contributed by atoms with Gasteiger partial charge in [-0.15, -0.1) is 6.58 Å². The van der Waals surface area contributed by atoms with Crippen molar-refractivity contribution in [3.05, 3.63) is 47.0 Å². The number of hydrogen-bond acceptors (Lipinski definition) is 3. The molecule has 1 fully saturated rings. The van der Waals surface area contributed by atoms with Gasteiger partial charge in [-0.25, -0.2) is 4.79 Å². The molecule has 0 bridgehead atoms. The van der Waals surface area contributed by atoms with Gasteiger partial charge in [-0.3, -0.25) is 0 Å². The SMILES string of the molecule is C=C[C@H]1OCCCCC[C@@H]1OC(=O)c1ccc(Br)cc1. The number of carbonyl (C=O) groups is 1. The van der Waals surface area contributed by atoms with Crippen molar-refractivity contribution in [3.8, 4) is 0 Å². The van der Waals surface area contributed by atoms with E-state index in [0.717, 1.165) is 30.2 Å². The second-order valence-electron chi connectivity index (χ2n) is 4.87. The van der Waals surface area contributed by atoms with Crippen LogP contribution in [-0.4, -0.2) is 24.8 Å². The van der Waals surface area contributed by atoms with Crippen LogP contribution in [-0.2, 0) is 9.47 Å². The van der Waals surface area contributed by atoms with Crippen molar-refractivity contribution in [1.29, 1.82) is 0 Å². The van der Waals surface area contributed by atoms with E-state index in [2.05, 4.69) is 22.5 Å². The van der Waals surface area contributed by atoms with Gasteiger partial charge < -0.3 is 9.47 Å². The number of hydrogen-bond donors (Lipinski definition) is 0. The van der Waals surface area contributed by atoms with E-state index >= 15 is 0 Å². The quantitative estimate of drug-likeness (QED) is 0.614. The highest BCUT2D eigenvalue weighted by Gasteiger charge is 2.25. The normalized spacial score (nSPS) is 23.4. The summed E-state index contributed by atoms with van der Waals surface area (Å²) in [6.45, 7) is 4.47. The predicted octanol–water partition coefficient (Wildman–Crippen LogP) is 4.12. The third kappa shape index (κ3) is 4.18. The summed E-state index contributed by atoms with van der Waals surface area (Å²) in [5.41, 5.74) is 0.554. The number of halogens is 1. The lowest BCUT2D eigenvalue weighted by atomic mass is 10.0. The van der Waals surface area contributed by atoms with Crippen molar-refractivity contribution in [2.45, 2.75) is 37.9 Å². The van der Waals surface area contributed by atoms with Gasteiger partial charge in [-0.2, -0.15) is 0 Å². The van der Waals surface area contributed by atoms with Crippen LogP contribution in [0, 0.1) is 0 Å². The average Bonchev–Trinajstić information content (AvgIpc) is 2.43. The topological polar surface area (TPSA) is 35.5 Å². The van der Waals surface area contributed by atoms with Gasteiger partial charge in [-0.05, 0) is 43.5 Å². The number of carbonyl (C=O) groups excluding carboxylic acids is 1. The maximum atomic E-state index is 12.2. The molecule has 1 aliphatic rings. The summed E-state index contributed by atoms with van der Waals surface area (Å²) in [6, 6.07) is 7.16. The Kier molecular flexibility index (Phi) is 5.80. The second kappa shape index (κ2) is 7.60. The Morgan fingerprint density at radius 2 is 2.05 bits per heavy atom. The third-order valence-electron chi connectivity index (χ3n) is 3.38. The van der Waals surface area contributed by atoms with Crippen LogP contribution in [0.15, 0.2) is 41.4 Å². The molecule has 0 amide bonds. The van der Waals surface area contributed by atoms with Crippen molar-refractivity contribution in [2.75, 3.05) is 6.61 Å². The largest absolute Gasteiger partial charge is 0.456 e. The molecule has 1 aliphatic heterocycles. The van der Waals surface area contributed by atoms with Gasteiger partial charge in [0.2, 0.25) is 0 Å². The Bertz CT molecular complexity index is 455. The molecule has 0 radical (unpaired) electrons. The number of ether oxygens (including phenoxy) is 2. The maximum Gasteiger partial charge on any atom is 0.338 e. The fraction of sp³-hybridized carbons (Fsp3) is 0.438. The van der Waals surface area contributed by atoms with E-state index in [-0.39, 0.29) is 18.2 Å². The summed E-state index contributed by atoms with van der Waals surface area (Å²) in [5, 5.41) is 0. The fourth-order valence-electron chi connectivity index (χ4n) is 2.25. The molecule has 1 aromatic rings. The summed E-state index contributed by atoms with van der Waals surface area (Å²) in [6.07, 6.45) is 5.29. The van der Waals surface area contributed by atoms with E-state index in [4.69, 9.17) is 9.47 Å². The minimum Gasteiger partial charge on any atom is -0.456 e. The Hall–Kier alpha value is -1.13. The summed E-state index contributed by atoms with van der Waals surface area (Å²) in [7, 11) is 0. The molecule has 1 heterocycles. The monoisotopic (exact) mass is 338 g/mol. The third-order valence-corrected chi connectivity index (χ3v) is 3.91. The van der Waals surface area contributed by atoms with Crippen molar-refractivity contribution in [2.24, 2.45) is 0 Å². The van der Waals surface area contributed by atoms with E-state index in [1.54, 1.807) is 18.2 Å². The van der Waals surface area contributed by atoms with Gasteiger partial charge in [-0.1, -0.05) is 28.4 Å². The number of rotatable bonds is 3. The van der Waals surface area contributed by atoms with Crippen LogP contribution < -0.4 is 0 Å². The van der Waals surface area contributed by atoms with Gasteiger partial charge in [0.15, 0.2) is 0 Å². The number of benzene rings is 1. The van der Waals surface area contributed by atoms with Crippen LogP contribution in [0.5, 0.6) is 0 Å². The first-order chi connectivity index (χ1) is 9.70. The molecular weight excluding hydrogens is 320 g/mol. The molecule has 3 nitrogen and oxygen atoms in total. The molecule has 108 valence electrons. The maximum absolute atomic E-state index is 12.2. The molecule has 4 heteroatoms. The predicted molar refractivity (Wildman–Crippen MR) is 81.8 cm³/mol. The van der Waals surface area contributed by atoms with E-state index in [9.17, 15) is 4.79 Å². The van der Waals surface area contributed by atoms with Gasteiger partial charge in [0.25, 0.3) is 0 Å². The van der Waals surface area contributed by atoms with E-state index in [1.165, 1.54) is 0 Å². The smallest absolute Gasteiger partial charge is 0.338 e. The molecule has 0 aliphatic carbocycles. The van der Waals surface area contributed by atoms with Crippen molar-refractivity contribution < 1.29 is 14.3 Å². The van der Waals surface area contributed by atoms with Crippen LogP contribution >= 0.6 is 15.9 Å². The van der Waals surface area contributed by atoms with Gasteiger partial charge >= 0.3 is 5.97 Å². The minimum absolute atomic E-state index is 0.213. The van der Waals surface area contributed by atoms with Crippen LogP contribution in [0.3, 0.4) is 0 Å². The zero-order valence-corrected chi connectivity index (χ0v) is 13.0. The zero-order valence-electron chi connectivity index (χ0n) is 11.4. The molecule has 0 unspecified atom stereocenters. The highest BCUT2D eigenvalue weighted by molar-refractivity contribution is 9.10. The van der Waals surface area contributed by atoms with Gasteiger partial charge in [0.05, 0.1) is 5.56 Å². The summed E-state index contributed by atoms with van der Waals surface area (Å²) in [5.74, 6) is -0.307. The highest BCUT2D eigenvalue weighted by Crippen LogP contribution is 2.20. The highest BCUT2D eigenvalue weighted by atomic mass is 79.9. The first kappa shape index (κ1) is 15.3. The Morgan fingerprint density at radius 1 is 1.30 bits per heavy atom. The molecule has 2 atom stereocenters. The van der Waals surface area contributed by atoms with Gasteiger partial charge in [0.1, 0.15) is 12.2 Å². The van der Waals surface area contributed by atoms with E-state index < -0.39 is 0 Å². The molecule has 0 spiro atoms. The summed E-state index contributed by atoms with van der Waals surface area (Å²) in [4.78, 5) is 12.2. The lowest BCUT2D eigenvalue weighted by Gasteiger charge is -2.27. The lowest BCUT2D eigenvalue weighted by molar-refractivity contribution is -0.0433. The van der Waals surface area contributed by atoms with Crippen LogP contribution in [0.1, 0.15) is 36.0 Å². The molecule has 0 N–H and O–H groups in total. The Morgan fingerprint density at radius 3 is 2.75 bits per heavy atom. The lowest BCUT2D eigenvalue weighted by Crippen LogP contribution is -2.33. The van der Waals surface area contributed by atoms with Gasteiger partial charge in [0, 0.05) is 11.1 Å². The summed E-state index contributed by atoms with van der Waals surface area (Å²) >= 11 is 3.35. The molecule has 20 heavy (non-hydrogen) atoms. The standard InChI is InChI=1S/C16H19BrO3/c1-2-14-15(6-4-3-5-11-19-14)20-16(18)12-7-9-13(17)10-8-12/h2,7-10,14-15H,1,3-6,11H2/t14-,15+/m1/s1. The first-order valence-corrected chi connectivity index (χ1v) is 7.70. The molecular formula is C16H19BrO3. The second-order valence-corrected chi connectivity index (χ2v) is 5.79. The first-order valence-electron chi connectivity index (χ1n) is 6.91. The fourth-order valence-corrected chi connectivity index (χ4v) is 2.52. The van der Waals surface area contributed by atoms with Crippen molar-refractivity contribution in [3.63, 3.8) is 0 Å². The molecule has 0 saturated carbocycles. The van der Waals surface area contributed by atoms with E-state index in [0.29, 0.717) is 12.2 Å². The minimum atomic E-state index is -0.307. The number of esters is 1. The van der Waals surface area contributed by atoms with E-state index in [1.807, 2.05) is 12.1 Å². The van der Waals surface area contributed by atoms with Crippen molar-refractivity contribution in [1.82, 2.24) is 0 Å². The van der Waals surface area contributed by atoms with Crippen molar-refractivity contribution >= 4 is 21.9 Å². The van der Waals surface area contributed by atoms with Crippen LogP contribution in [0.4, 0.5) is 0 Å². The molecule has 1 aromatic carbocycles. The van der Waals surface area contributed by atoms with Crippen LogP contribution in [0.2, 0.25) is 0 Å². The average molecular weight is 339 g/mol. The zero-order chi connectivity index (χ0) is 14.4. The molecule has 0 aromatic heterocycles. The summed E-state index contributed by atoms with van der Waals surface area (Å²) < 4.78 is 12.2. The molecule has 2 rings (SSSR count). The molecule has 1 saturated heterocycles. The van der Waals surface area contributed by atoms with Crippen LogP contribution in [0.25, 0.3) is 0 Å².